The number of anilines is 1. The number of aromatic nitrogens is 7. The fourth-order valence-electron chi connectivity index (χ4n) is 4.12. The predicted octanol–water partition coefficient (Wildman–Crippen LogP) is 4.90. The van der Waals surface area contributed by atoms with Gasteiger partial charge in [-0.25, -0.2) is 19.3 Å². The van der Waals surface area contributed by atoms with Gasteiger partial charge in [-0.05, 0) is 42.3 Å². The zero-order valence-corrected chi connectivity index (χ0v) is 19.2. The average molecular weight is 481 g/mol. The average Bonchev–Trinajstić information content (AvgIpc) is 3.52. The van der Waals surface area contributed by atoms with Crippen molar-refractivity contribution in [3.8, 4) is 33.8 Å². The molecule has 0 radical (unpaired) electrons. The topological polar surface area (TPSA) is 128 Å². The van der Waals surface area contributed by atoms with Crippen LogP contribution in [0.25, 0.3) is 56.0 Å². The standard InChI is InChI=1S/C26H21FN8O/c1-2-21(36)31-18-9-15(11-28-13-18)16-10-20-23(34-35-24(20)30-12-16)26-32-22-19(6-7-29-25(22)33-26)14-4-3-5-17(27)8-14/h3-13,21,31,36H,2H2,1H3,(H,29,32,33)(H,30,34,35). The second-order valence-electron chi connectivity index (χ2n) is 8.37. The molecule has 1 atom stereocenters. The third-order valence-electron chi connectivity index (χ3n) is 5.95. The third-order valence-corrected chi connectivity index (χ3v) is 5.95. The molecule has 9 nitrogen and oxygen atoms in total. The van der Waals surface area contributed by atoms with Gasteiger partial charge in [-0.1, -0.05) is 19.1 Å². The number of nitrogens with one attached hydrogen (secondary N) is 3. The van der Waals surface area contributed by atoms with Crippen molar-refractivity contribution in [1.29, 1.82) is 0 Å². The Kier molecular flexibility index (Phi) is 5.34. The van der Waals surface area contributed by atoms with Gasteiger partial charge in [0.25, 0.3) is 0 Å². The van der Waals surface area contributed by atoms with Gasteiger partial charge in [-0.2, -0.15) is 5.10 Å². The summed E-state index contributed by atoms with van der Waals surface area (Å²) in [4.78, 5) is 21.2. The Morgan fingerprint density at radius 1 is 1.00 bits per heavy atom. The molecule has 5 aromatic heterocycles. The van der Waals surface area contributed by atoms with E-state index in [0.717, 1.165) is 22.1 Å². The van der Waals surface area contributed by atoms with E-state index in [1.807, 2.05) is 31.2 Å². The van der Waals surface area contributed by atoms with Crippen molar-refractivity contribution in [2.45, 2.75) is 19.6 Å². The smallest absolute Gasteiger partial charge is 0.161 e. The molecular formula is C26H21FN8O. The Bertz CT molecular complexity index is 1710. The van der Waals surface area contributed by atoms with E-state index >= 15 is 0 Å². The highest BCUT2D eigenvalue weighted by Gasteiger charge is 2.17. The van der Waals surface area contributed by atoms with E-state index < -0.39 is 6.23 Å². The summed E-state index contributed by atoms with van der Waals surface area (Å²) in [5, 5.41) is 21.1. The number of benzene rings is 1. The van der Waals surface area contributed by atoms with E-state index in [4.69, 9.17) is 4.98 Å². The number of aromatic amines is 2. The molecule has 0 amide bonds. The summed E-state index contributed by atoms with van der Waals surface area (Å²) >= 11 is 0. The molecule has 6 aromatic rings. The maximum atomic E-state index is 13.9. The van der Waals surface area contributed by atoms with Crippen molar-refractivity contribution in [3.63, 3.8) is 0 Å². The molecule has 4 N–H and O–H groups in total. The van der Waals surface area contributed by atoms with Crippen LogP contribution < -0.4 is 5.32 Å². The molecule has 5 heterocycles. The second-order valence-corrected chi connectivity index (χ2v) is 8.37. The molecule has 6 rings (SSSR count). The lowest BCUT2D eigenvalue weighted by molar-refractivity contribution is 0.199. The van der Waals surface area contributed by atoms with Crippen molar-refractivity contribution in [1.82, 2.24) is 35.1 Å². The number of aliphatic hydroxyl groups excluding tert-OH is 1. The van der Waals surface area contributed by atoms with Gasteiger partial charge in [0, 0.05) is 35.3 Å². The van der Waals surface area contributed by atoms with Crippen LogP contribution in [0.1, 0.15) is 13.3 Å². The molecule has 36 heavy (non-hydrogen) atoms. The van der Waals surface area contributed by atoms with Crippen LogP contribution in [0.2, 0.25) is 0 Å². The molecular weight excluding hydrogens is 459 g/mol. The monoisotopic (exact) mass is 480 g/mol. The number of halogens is 1. The lowest BCUT2D eigenvalue weighted by atomic mass is 10.1. The number of nitrogens with zero attached hydrogens (tertiary/aromatic N) is 5. The van der Waals surface area contributed by atoms with Gasteiger partial charge in [-0.15, -0.1) is 0 Å². The molecule has 10 heteroatoms. The molecule has 178 valence electrons. The van der Waals surface area contributed by atoms with Crippen LogP contribution in [0.5, 0.6) is 0 Å². The number of aliphatic hydroxyl groups is 1. The molecule has 0 spiro atoms. The predicted molar refractivity (Wildman–Crippen MR) is 135 cm³/mol. The number of imidazole rings is 1. The minimum atomic E-state index is -0.651. The van der Waals surface area contributed by atoms with Crippen LogP contribution in [0.3, 0.4) is 0 Å². The molecule has 0 saturated heterocycles. The minimum Gasteiger partial charge on any atom is -0.374 e. The number of hydrogen-bond acceptors (Lipinski definition) is 7. The van der Waals surface area contributed by atoms with Gasteiger partial charge in [0.05, 0.1) is 17.3 Å². The zero-order chi connectivity index (χ0) is 24.6. The van der Waals surface area contributed by atoms with Crippen molar-refractivity contribution < 1.29 is 9.50 Å². The second kappa shape index (κ2) is 8.82. The fraction of sp³-hybridized carbons (Fsp3) is 0.115. The molecule has 1 aromatic carbocycles. The first-order valence-electron chi connectivity index (χ1n) is 11.4. The van der Waals surface area contributed by atoms with E-state index in [2.05, 4.69) is 35.5 Å². The summed E-state index contributed by atoms with van der Waals surface area (Å²) in [7, 11) is 0. The van der Waals surface area contributed by atoms with E-state index in [-0.39, 0.29) is 5.82 Å². The summed E-state index contributed by atoms with van der Waals surface area (Å²) < 4.78 is 13.9. The van der Waals surface area contributed by atoms with Crippen LogP contribution >= 0.6 is 0 Å². The summed E-state index contributed by atoms with van der Waals surface area (Å²) in [6, 6.07) is 12.1. The number of pyridine rings is 3. The molecule has 0 aliphatic carbocycles. The first kappa shape index (κ1) is 21.8. The lowest BCUT2D eigenvalue weighted by Crippen LogP contribution is -2.16. The molecule has 0 aliphatic heterocycles. The summed E-state index contributed by atoms with van der Waals surface area (Å²) in [5.41, 5.74) is 6.26. The Hall–Kier alpha value is -4.70. The van der Waals surface area contributed by atoms with E-state index in [1.165, 1.54) is 12.1 Å². The third kappa shape index (κ3) is 3.93. The largest absolute Gasteiger partial charge is 0.374 e. The number of fused-ring (bicyclic) bond motifs is 2. The van der Waals surface area contributed by atoms with Gasteiger partial charge < -0.3 is 15.4 Å². The number of hydrogen-bond donors (Lipinski definition) is 4. The molecule has 0 saturated carbocycles. The zero-order valence-electron chi connectivity index (χ0n) is 19.2. The number of H-pyrrole nitrogens is 2. The Morgan fingerprint density at radius 2 is 1.89 bits per heavy atom. The van der Waals surface area contributed by atoms with Crippen LogP contribution in [0, 0.1) is 5.82 Å². The van der Waals surface area contributed by atoms with Crippen molar-refractivity contribution in [2.75, 3.05) is 5.32 Å². The van der Waals surface area contributed by atoms with Crippen LogP contribution in [-0.4, -0.2) is 46.5 Å². The van der Waals surface area contributed by atoms with Gasteiger partial charge in [0.1, 0.15) is 23.3 Å². The minimum absolute atomic E-state index is 0.317. The number of rotatable bonds is 6. The Morgan fingerprint density at radius 3 is 2.75 bits per heavy atom. The van der Waals surface area contributed by atoms with E-state index in [1.54, 1.807) is 30.9 Å². The summed E-state index contributed by atoms with van der Waals surface area (Å²) in [6.07, 6.45) is 6.73. The maximum Gasteiger partial charge on any atom is 0.161 e. The van der Waals surface area contributed by atoms with E-state index in [9.17, 15) is 9.50 Å². The van der Waals surface area contributed by atoms with Gasteiger partial charge in [-0.3, -0.25) is 10.1 Å². The van der Waals surface area contributed by atoms with Crippen LogP contribution in [-0.2, 0) is 0 Å². The lowest BCUT2D eigenvalue weighted by Gasteiger charge is -2.12. The SMILES string of the molecule is CCC(O)Nc1cncc(-c2cnc3[nH]nc(-c4nc5c(-c6cccc(F)c6)ccnc5[nH]4)c3c2)c1. The van der Waals surface area contributed by atoms with Gasteiger partial charge >= 0.3 is 0 Å². The summed E-state index contributed by atoms with van der Waals surface area (Å²) in [5.74, 6) is 0.203. The van der Waals surface area contributed by atoms with Crippen LogP contribution in [0.4, 0.5) is 10.1 Å². The Labute approximate surface area is 204 Å². The molecule has 0 aliphatic rings. The van der Waals surface area contributed by atoms with Gasteiger partial charge in [0.15, 0.2) is 17.1 Å². The van der Waals surface area contributed by atoms with Crippen LogP contribution in [0.15, 0.2) is 67.3 Å². The molecule has 1 unspecified atom stereocenters. The highest BCUT2D eigenvalue weighted by Crippen LogP contribution is 2.32. The highest BCUT2D eigenvalue weighted by molar-refractivity contribution is 5.96. The van der Waals surface area contributed by atoms with Crippen molar-refractivity contribution >= 4 is 27.9 Å². The molecule has 0 fully saturated rings. The highest BCUT2D eigenvalue weighted by atomic mass is 19.1. The van der Waals surface area contributed by atoms with E-state index in [0.29, 0.717) is 46.0 Å². The first-order valence-corrected chi connectivity index (χ1v) is 11.4. The quantitative estimate of drug-likeness (QED) is 0.250. The normalized spacial score (nSPS) is 12.3. The first-order chi connectivity index (χ1) is 17.6. The van der Waals surface area contributed by atoms with Gasteiger partial charge in [0.2, 0.25) is 0 Å². The van der Waals surface area contributed by atoms with Crippen molar-refractivity contribution in [2.24, 2.45) is 0 Å². The summed E-state index contributed by atoms with van der Waals surface area (Å²) in [6.45, 7) is 1.89. The van der Waals surface area contributed by atoms with Crippen molar-refractivity contribution in [3.05, 3.63) is 73.1 Å². The maximum absolute atomic E-state index is 13.9. The fourth-order valence-corrected chi connectivity index (χ4v) is 4.12. The molecule has 0 bridgehead atoms. The Balaban J connectivity index is 1.43.